The van der Waals surface area contributed by atoms with E-state index >= 15 is 0 Å². The molecular formula is C31H56O2. The van der Waals surface area contributed by atoms with E-state index in [2.05, 4.69) is 55.4 Å². The van der Waals surface area contributed by atoms with Gasteiger partial charge in [0.1, 0.15) is 5.60 Å². The van der Waals surface area contributed by atoms with Gasteiger partial charge in [-0.25, -0.2) is 0 Å². The lowest BCUT2D eigenvalue weighted by Gasteiger charge is -2.61. The predicted octanol–water partition coefficient (Wildman–Crippen LogP) is 9.35. The first-order valence-electron chi connectivity index (χ1n) is 14.7. The van der Waals surface area contributed by atoms with Gasteiger partial charge >= 0.3 is 5.97 Å². The van der Waals surface area contributed by atoms with Crippen LogP contribution in [0.15, 0.2) is 0 Å². The average molecular weight is 461 g/mol. The summed E-state index contributed by atoms with van der Waals surface area (Å²) in [6, 6.07) is 0. The highest BCUT2D eigenvalue weighted by Crippen LogP contribution is 2.62. The first kappa shape index (κ1) is 27.1. The molecule has 4 fully saturated rings. The van der Waals surface area contributed by atoms with Gasteiger partial charge in [-0.05, 0) is 99.2 Å². The minimum Gasteiger partial charge on any atom is -0.458 e. The third kappa shape index (κ3) is 5.35. The summed E-state index contributed by atoms with van der Waals surface area (Å²) in [5.41, 5.74) is -0.563. The molecule has 0 amide bonds. The molecule has 0 heterocycles. The first-order chi connectivity index (χ1) is 15.4. The lowest BCUT2D eigenvalue weighted by molar-refractivity contribution is -0.226. The third-order valence-corrected chi connectivity index (χ3v) is 10.7. The summed E-state index contributed by atoms with van der Waals surface area (Å²) in [6.07, 6.45) is 17.0. The van der Waals surface area contributed by atoms with Crippen LogP contribution in [0.5, 0.6) is 0 Å². The van der Waals surface area contributed by atoms with Gasteiger partial charge in [0.05, 0.1) is 5.41 Å². The number of carbonyl (C=O) groups is 1. The molecule has 33 heavy (non-hydrogen) atoms. The van der Waals surface area contributed by atoms with Crippen molar-refractivity contribution in [1.29, 1.82) is 0 Å². The van der Waals surface area contributed by atoms with E-state index in [0.29, 0.717) is 11.8 Å². The lowest BCUT2D eigenvalue weighted by atomic mass is 9.49. The van der Waals surface area contributed by atoms with Gasteiger partial charge in [0.2, 0.25) is 0 Å². The standard InChI is InChI=1S/C31H56O2/c1-9-12-14-15-28(4,5)22-30(8,29(6,7)16-13-10-2)27(32)33-31(11-3)25-18-23-17-24(20-25)21-26(31)19-23/h23-26H,9-22H2,1-8H3. The van der Waals surface area contributed by atoms with Crippen molar-refractivity contribution < 1.29 is 9.53 Å². The van der Waals surface area contributed by atoms with Gasteiger partial charge in [0, 0.05) is 0 Å². The summed E-state index contributed by atoms with van der Waals surface area (Å²) in [6.45, 7) is 18.6. The summed E-state index contributed by atoms with van der Waals surface area (Å²) in [4.78, 5) is 14.4. The van der Waals surface area contributed by atoms with Gasteiger partial charge in [-0.1, -0.05) is 80.6 Å². The van der Waals surface area contributed by atoms with Crippen molar-refractivity contribution in [2.75, 3.05) is 0 Å². The van der Waals surface area contributed by atoms with Crippen molar-refractivity contribution in [1.82, 2.24) is 0 Å². The normalized spacial score (nSPS) is 33.2. The second kappa shape index (κ2) is 10.2. The summed E-state index contributed by atoms with van der Waals surface area (Å²) < 4.78 is 6.93. The molecule has 4 aliphatic carbocycles. The molecule has 0 aromatic rings. The Labute approximate surface area is 206 Å². The van der Waals surface area contributed by atoms with Crippen LogP contribution in [0.25, 0.3) is 0 Å². The van der Waals surface area contributed by atoms with E-state index in [9.17, 15) is 4.79 Å². The molecular weight excluding hydrogens is 404 g/mol. The number of carbonyl (C=O) groups excluding carboxylic acids is 1. The second-order valence-electron chi connectivity index (χ2n) is 14.1. The lowest BCUT2D eigenvalue weighted by Crippen LogP contribution is -2.61. The molecule has 1 atom stereocenters. The first-order valence-corrected chi connectivity index (χ1v) is 14.7. The number of esters is 1. The van der Waals surface area contributed by atoms with Gasteiger partial charge in [-0.2, -0.15) is 0 Å². The van der Waals surface area contributed by atoms with Gasteiger partial charge in [0.25, 0.3) is 0 Å². The Kier molecular flexibility index (Phi) is 8.38. The molecule has 1 unspecified atom stereocenters. The van der Waals surface area contributed by atoms with E-state index in [0.717, 1.165) is 31.1 Å². The molecule has 0 radical (unpaired) electrons. The van der Waals surface area contributed by atoms with Crippen molar-refractivity contribution in [2.24, 2.45) is 39.9 Å². The van der Waals surface area contributed by atoms with Crippen molar-refractivity contribution in [3.63, 3.8) is 0 Å². The predicted molar refractivity (Wildman–Crippen MR) is 140 cm³/mol. The number of rotatable bonds is 13. The van der Waals surface area contributed by atoms with E-state index in [4.69, 9.17) is 4.74 Å². The molecule has 0 aliphatic heterocycles. The second-order valence-corrected chi connectivity index (χ2v) is 14.1. The largest absolute Gasteiger partial charge is 0.458 e. The fourth-order valence-corrected chi connectivity index (χ4v) is 8.46. The third-order valence-electron chi connectivity index (χ3n) is 10.7. The fourth-order valence-electron chi connectivity index (χ4n) is 8.46. The Balaban J connectivity index is 1.87. The summed E-state index contributed by atoms with van der Waals surface area (Å²) in [5.74, 6) is 3.12. The molecule has 2 heteroatoms. The number of unbranched alkanes of at least 4 members (excludes halogenated alkanes) is 3. The van der Waals surface area contributed by atoms with E-state index in [-0.39, 0.29) is 22.4 Å². The molecule has 2 nitrogen and oxygen atoms in total. The van der Waals surface area contributed by atoms with Crippen LogP contribution >= 0.6 is 0 Å². The summed E-state index contributed by atoms with van der Waals surface area (Å²) in [7, 11) is 0. The van der Waals surface area contributed by atoms with Crippen LogP contribution in [-0.4, -0.2) is 11.6 Å². The zero-order valence-electron chi connectivity index (χ0n) is 23.5. The zero-order chi connectivity index (χ0) is 24.5. The molecule has 0 spiro atoms. The van der Waals surface area contributed by atoms with Crippen LogP contribution in [-0.2, 0) is 9.53 Å². The minimum atomic E-state index is -0.450. The van der Waals surface area contributed by atoms with Gasteiger partial charge in [-0.15, -0.1) is 0 Å². The highest BCUT2D eigenvalue weighted by molar-refractivity contribution is 5.78. The van der Waals surface area contributed by atoms with Crippen LogP contribution in [0, 0.1) is 39.9 Å². The topological polar surface area (TPSA) is 26.3 Å². The maximum Gasteiger partial charge on any atom is 0.312 e. The van der Waals surface area contributed by atoms with E-state index < -0.39 is 5.41 Å². The van der Waals surface area contributed by atoms with Crippen LogP contribution in [0.2, 0.25) is 0 Å². The molecule has 4 saturated carbocycles. The molecule has 4 rings (SSSR count). The Morgan fingerprint density at radius 1 is 0.788 bits per heavy atom. The SMILES string of the molecule is CCCCCC(C)(C)CC(C)(C(=O)OC1(CC)C2CC3CC(C2)CC1C3)C(C)(C)CCCC. The maximum atomic E-state index is 14.4. The fraction of sp³-hybridized carbons (Fsp3) is 0.968. The molecule has 0 saturated heterocycles. The monoisotopic (exact) mass is 460 g/mol. The van der Waals surface area contributed by atoms with Crippen LogP contribution in [0.1, 0.15) is 145 Å². The van der Waals surface area contributed by atoms with Crippen LogP contribution < -0.4 is 0 Å². The maximum absolute atomic E-state index is 14.4. The van der Waals surface area contributed by atoms with E-state index in [1.54, 1.807) is 0 Å². The van der Waals surface area contributed by atoms with Gasteiger partial charge in [-0.3, -0.25) is 4.79 Å². The van der Waals surface area contributed by atoms with E-state index in [1.165, 1.54) is 70.6 Å². The number of hydrogen-bond donors (Lipinski definition) is 0. The quantitative estimate of drug-likeness (QED) is 0.202. The molecule has 0 N–H and O–H groups in total. The number of ether oxygens (including phenoxy) is 1. The molecule has 0 aromatic heterocycles. The molecule has 4 bridgehead atoms. The van der Waals surface area contributed by atoms with Crippen molar-refractivity contribution in [3.8, 4) is 0 Å². The minimum absolute atomic E-state index is 0.0665. The Morgan fingerprint density at radius 2 is 1.33 bits per heavy atom. The van der Waals surface area contributed by atoms with Crippen molar-refractivity contribution in [3.05, 3.63) is 0 Å². The highest BCUT2D eigenvalue weighted by Gasteiger charge is 2.60. The average Bonchev–Trinajstić information content (AvgIpc) is 2.74. The molecule has 192 valence electrons. The Bertz CT molecular complexity index is 632. The molecule has 0 aromatic carbocycles. The molecule has 4 aliphatic rings. The van der Waals surface area contributed by atoms with Crippen LogP contribution in [0.3, 0.4) is 0 Å². The summed E-state index contributed by atoms with van der Waals surface area (Å²) in [5, 5.41) is 0. The summed E-state index contributed by atoms with van der Waals surface area (Å²) >= 11 is 0. The van der Waals surface area contributed by atoms with Crippen molar-refractivity contribution in [2.45, 2.75) is 151 Å². The Morgan fingerprint density at radius 3 is 1.82 bits per heavy atom. The van der Waals surface area contributed by atoms with Crippen LogP contribution in [0.4, 0.5) is 0 Å². The van der Waals surface area contributed by atoms with E-state index in [1.807, 2.05) is 0 Å². The smallest absolute Gasteiger partial charge is 0.312 e. The van der Waals surface area contributed by atoms with Crippen molar-refractivity contribution >= 4 is 5.97 Å². The van der Waals surface area contributed by atoms with Gasteiger partial charge in [0.15, 0.2) is 0 Å². The highest BCUT2D eigenvalue weighted by atomic mass is 16.6. The Hall–Kier alpha value is -0.530. The van der Waals surface area contributed by atoms with Gasteiger partial charge < -0.3 is 4.74 Å². The zero-order valence-corrected chi connectivity index (χ0v) is 23.5. The number of hydrogen-bond acceptors (Lipinski definition) is 2.